The van der Waals surface area contributed by atoms with Crippen LogP contribution in [0.5, 0.6) is 5.75 Å². The molecule has 0 aromatic heterocycles. The number of amides is 1. The molecule has 0 spiro atoms. The zero-order valence-corrected chi connectivity index (χ0v) is 12.3. The highest BCUT2D eigenvalue weighted by Crippen LogP contribution is 2.12. The summed E-state index contributed by atoms with van der Waals surface area (Å²) in [6.45, 7) is 0.960. The largest absolute Gasteiger partial charge is 0.497 e. The van der Waals surface area contributed by atoms with Crippen molar-refractivity contribution in [2.75, 3.05) is 14.2 Å². The smallest absolute Gasteiger partial charge is 0.251 e. The predicted octanol–water partition coefficient (Wildman–Crippen LogP) is 2.77. The molecule has 0 fully saturated rings. The van der Waals surface area contributed by atoms with Gasteiger partial charge in [0, 0.05) is 19.2 Å². The maximum Gasteiger partial charge on any atom is 0.251 e. The molecule has 2 aromatic carbocycles. The normalized spacial score (nSPS) is 10.2. The SMILES string of the molecule is COCc1cccc(C(=O)NCc2cccc(OC)c2)c1. The van der Waals surface area contributed by atoms with Crippen LogP contribution in [0.1, 0.15) is 21.5 Å². The van der Waals surface area contributed by atoms with E-state index < -0.39 is 0 Å². The van der Waals surface area contributed by atoms with E-state index >= 15 is 0 Å². The van der Waals surface area contributed by atoms with Crippen LogP contribution >= 0.6 is 0 Å². The van der Waals surface area contributed by atoms with Crippen molar-refractivity contribution in [1.82, 2.24) is 5.32 Å². The second-order valence-electron chi connectivity index (χ2n) is 4.67. The third-order valence-electron chi connectivity index (χ3n) is 3.09. The zero-order chi connectivity index (χ0) is 15.1. The van der Waals surface area contributed by atoms with Gasteiger partial charge in [-0.05, 0) is 35.4 Å². The lowest BCUT2D eigenvalue weighted by Gasteiger charge is -2.08. The Balaban J connectivity index is 1.99. The van der Waals surface area contributed by atoms with E-state index in [-0.39, 0.29) is 5.91 Å². The molecule has 0 radical (unpaired) electrons. The molecule has 0 aliphatic rings. The second kappa shape index (κ2) is 7.45. The van der Waals surface area contributed by atoms with Crippen LogP contribution in [0.2, 0.25) is 0 Å². The minimum atomic E-state index is -0.101. The Labute approximate surface area is 124 Å². The lowest BCUT2D eigenvalue weighted by Crippen LogP contribution is -2.22. The van der Waals surface area contributed by atoms with Crippen LogP contribution < -0.4 is 10.1 Å². The molecule has 1 amide bonds. The van der Waals surface area contributed by atoms with E-state index in [0.717, 1.165) is 16.9 Å². The molecule has 110 valence electrons. The van der Waals surface area contributed by atoms with Crippen molar-refractivity contribution in [3.63, 3.8) is 0 Å². The number of nitrogens with one attached hydrogen (secondary N) is 1. The van der Waals surface area contributed by atoms with E-state index in [9.17, 15) is 4.79 Å². The summed E-state index contributed by atoms with van der Waals surface area (Å²) in [6.07, 6.45) is 0. The number of rotatable bonds is 6. The molecule has 0 bridgehead atoms. The number of ether oxygens (including phenoxy) is 2. The third kappa shape index (κ3) is 4.33. The summed E-state index contributed by atoms with van der Waals surface area (Å²) < 4.78 is 10.2. The van der Waals surface area contributed by atoms with Gasteiger partial charge in [-0.3, -0.25) is 4.79 Å². The standard InChI is InChI=1S/C17H19NO3/c1-20-12-14-6-3-7-15(9-14)17(19)18-11-13-5-4-8-16(10-13)21-2/h3-10H,11-12H2,1-2H3,(H,18,19). The Hall–Kier alpha value is -2.33. The Bertz CT molecular complexity index is 610. The number of carbonyl (C=O) groups is 1. The average Bonchev–Trinajstić information content (AvgIpc) is 2.53. The van der Waals surface area contributed by atoms with Crippen molar-refractivity contribution >= 4 is 5.91 Å². The summed E-state index contributed by atoms with van der Waals surface area (Å²) in [5.74, 6) is 0.680. The van der Waals surface area contributed by atoms with E-state index in [1.54, 1.807) is 20.3 Å². The van der Waals surface area contributed by atoms with Gasteiger partial charge in [-0.15, -0.1) is 0 Å². The maximum atomic E-state index is 12.1. The van der Waals surface area contributed by atoms with Crippen molar-refractivity contribution in [3.8, 4) is 5.75 Å². The van der Waals surface area contributed by atoms with Crippen LogP contribution in [0, 0.1) is 0 Å². The van der Waals surface area contributed by atoms with Crippen molar-refractivity contribution < 1.29 is 14.3 Å². The second-order valence-corrected chi connectivity index (χ2v) is 4.67. The molecule has 21 heavy (non-hydrogen) atoms. The van der Waals surface area contributed by atoms with Crippen LogP contribution in [0.4, 0.5) is 0 Å². The van der Waals surface area contributed by atoms with Gasteiger partial charge in [0.25, 0.3) is 5.91 Å². The monoisotopic (exact) mass is 285 g/mol. The summed E-state index contributed by atoms with van der Waals surface area (Å²) in [4.78, 5) is 12.1. The van der Waals surface area contributed by atoms with E-state index in [1.807, 2.05) is 42.5 Å². The van der Waals surface area contributed by atoms with Crippen molar-refractivity contribution in [1.29, 1.82) is 0 Å². The highest BCUT2D eigenvalue weighted by atomic mass is 16.5. The molecular weight excluding hydrogens is 266 g/mol. The number of benzene rings is 2. The van der Waals surface area contributed by atoms with Crippen molar-refractivity contribution in [2.24, 2.45) is 0 Å². The van der Waals surface area contributed by atoms with Gasteiger partial charge in [-0.25, -0.2) is 0 Å². The third-order valence-corrected chi connectivity index (χ3v) is 3.09. The fourth-order valence-corrected chi connectivity index (χ4v) is 2.04. The summed E-state index contributed by atoms with van der Waals surface area (Å²) in [5.41, 5.74) is 2.61. The molecule has 0 saturated heterocycles. The van der Waals surface area contributed by atoms with Crippen LogP contribution in [-0.2, 0) is 17.9 Å². The molecule has 2 rings (SSSR count). The molecule has 0 heterocycles. The summed E-state index contributed by atoms with van der Waals surface area (Å²) in [5, 5.41) is 2.90. The molecule has 4 heteroatoms. The number of carbonyl (C=O) groups excluding carboxylic acids is 1. The molecule has 0 unspecified atom stereocenters. The minimum Gasteiger partial charge on any atom is -0.497 e. The first-order chi connectivity index (χ1) is 10.2. The zero-order valence-electron chi connectivity index (χ0n) is 12.3. The molecule has 4 nitrogen and oxygen atoms in total. The van der Waals surface area contributed by atoms with Gasteiger partial charge in [0.2, 0.25) is 0 Å². The lowest BCUT2D eigenvalue weighted by molar-refractivity contribution is 0.0950. The first-order valence-electron chi connectivity index (χ1n) is 6.72. The van der Waals surface area contributed by atoms with E-state index in [2.05, 4.69) is 5.32 Å². The van der Waals surface area contributed by atoms with Gasteiger partial charge < -0.3 is 14.8 Å². The fraction of sp³-hybridized carbons (Fsp3) is 0.235. The van der Waals surface area contributed by atoms with Crippen LogP contribution in [0.3, 0.4) is 0 Å². The van der Waals surface area contributed by atoms with Gasteiger partial charge in [0.15, 0.2) is 0 Å². The topological polar surface area (TPSA) is 47.6 Å². The molecule has 0 aliphatic carbocycles. The first kappa shape index (κ1) is 15.1. The fourth-order valence-electron chi connectivity index (χ4n) is 2.04. The van der Waals surface area contributed by atoms with Crippen LogP contribution in [0.15, 0.2) is 48.5 Å². The molecular formula is C17H19NO3. The minimum absolute atomic E-state index is 0.101. The van der Waals surface area contributed by atoms with Crippen molar-refractivity contribution in [2.45, 2.75) is 13.2 Å². The molecule has 1 N–H and O–H groups in total. The number of methoxy groups -OCH3 is 2. The van der Waals surface area contributed by atoms with E-state index in [1.165, 1.54) is 0 Å². The van der Waals surface area contributed by atoms with E-state index in [4.69, 9.17) is 9.47 Å². The predicted molar refractivity (Wildman–Crippen MR) is 81.3 cm³/mol. The Morgan fingerprint density at radius 3 is 2.57 bits per heavy atom. The Kier molecular flexibility index (Phi) is 5.35. The first-order valence-corrected chi connectivity index (χ1v) is 6.72. The van der Waals surface area contributed by atoms with Crippen LogP contribution in [0.25, 0.3) is 0 Å². The maximum absolute atomic E-state index is 12.1. The average molecular weight is 285 g/mol. The van der Waals surface area contributed by atoms with Gasteiger partial charge in [-0.2, -0.15) is 0 Å². The summed E-state index contributed by atoms with van der Waals surface area (Å²) >= 11 is 0. The summed E-state index contributed by atoms with van der Waals surface area (Å²) in [6, 6.07) is 15.0. The van der Waals surface area contributed by atoms with Crippen LogP contribution in [-0.4, -0.2) is 20.1 Å². The highest BCUT2D eigenvalue weighted by Gasteiger charge is 2.06. The Morgan fingerprint density at radius 1 is 1.05 bits per heavy atom. The highest BCUT2D eigenvalue weighted by molar-refractivity contribution is 5.94. The quantitative estimate of drug-likeness (QED) is 0.887. The lowest BCUT2D eigenvalue weighted by atomic mass is 10.1. The van der Waals surface area contributed by atoms with Crippen molar-refractivity contribution in [3.05, 3.63) is 65.2 Å². The van der Waals surface area contributed by atoms with E-state index in [0.29, 0.717) is 18.7 Å². The van der Waals surface area contributed by atoms with Gasteiger partial charge in [0.05, 0.1) is 13.7 Å². The molecule has 0 atom stereocenters. The Morgan fingerprint density at radius 2 is 1.81 bits per heavy atom. The number of hydrogen-bond acceptors (Lipinski definition) is 3. The van der Waals surface area contributed by atoms with Gasteiger partial charge in [-0.1, -0.05) is 24.3 Å². The molecule has 2 aromatic rings. The molecule has 0 aliphatic heterocycles. The number of hydrogen-bond donors (Lipinski definition) is 1. The van der Waals surface area contributed by atoms with Gasteiger partial charge in [0.1, 0.15) is 5.75 Å². The molecule has 0 saturated carbocycles. The van der Waals surface area contributed by atoms with Gasteiger partial charge >= 0.3 is 0 Å². The summed E-state index contributed by atoms with van der Waals surface area (Å²) in [7, 11) is 3.26.